The maximum absolute atomic E-state index is 3.91. The first-order chi connectivity index (χ1) is 22.1. The van der Waals surface area contributed by atoms with Crippen LogP contribution in [0, 0.1) is 0 Å². The molecule has 1 N–H and O–H groups in total. The fourth-order valence-electron chi connectivity index (χ4n) is 8.15. The number of para-hydroxylation sites is 2. The summed E-state index contributed by atoms with van der Waals surface area (Å²) in [6.07, 6.45) is 0. The third kappa shape index (κ3) is 3.42. The molecule has 1 aromatic heterocycles. The Morgan fingerprint density at radius 3 is 2.20 bits per heavy atom. The lowest BCUT2D eigenvalue weighted by Gasteiger charge is -2.23. The maximum Gasteiger partial charge on any atom is 0.103 e. The summed E-state index contributed by atoms with van der Waals surface area (Å²) in [4.78, 5) is 1.32. The van der Waals surface area contributed by atoms with Crippen LogP contribution in [0.25, 0.3) is 60.2 Å². The zero-order chi connectivity index (χ0) is 29.9. The van der Waals surface area contributed by atoms with E-state index < -0.39 is 0 Å². The number of nitrogens with one attached hydrogen (secondary N) is 1. The molecule has 0 fully saturated rings. The Morgan fingerprint density at radius 2 is 1.36 bits per heavy atom. The van der Waals surface area contributed by atoms with E-state index in [4.69, 9.17) is 0 Å². The molecular formula is C42H30N2S. The molecule has 0 radical (unpaired) electrons. The van der Waals surface area contributed by atoms with Gasteiger partial charge in [0.25, 0.3) is 0 Å². The van der Waals surface area contributed by atoms with Crippen molar-refractivity contribution in [3.63, 3.8) is 0 Å². The van der Waals surface area contributed by atoms with Gasteiger partial charge in [0.2, 0.25) is 0 Å². The van der Waals surface area contributed by atoms with E-state index in [2.05, 4.69) is 157 Å². The topological polar surface area (TPSA) is 17.0 Å². The van der Waals surface area contributed by atoms with Gasteiger partial charge in [-0.05, 0) is 86.4 Å². The van der Waals surface area contributed by atoms with Gasteiger partial charge in [-0.25, -0.2) is 0 Å². The molecular weight excluding hydrogens is 565 g/mol. The predicted octanol–water partition coefficient (Wildman–Crippen LogP) is 11.6. The molecule has 1 aliphatic carbocycles. The van der Waals surface area contributed by atoms with Crippen LogP contribution in [0.15, 0.2) is 138 Å². The highest BCUT2D eigenvalue weighted by molar-refractivity contribution is 8.00. The summed E-state index contributed by atoms with van der Waals surface area (Å²) >= 11 is 1.92. The van der Waals surface area contributed by atoms with Crippen molar-refractivity contribution in [2.24, 2.45) is 0 Å². The average Bonchev–Trinajstić information content (AvgIpc) is 3.73. The number of benzene rings is 7. The summed E-state index contributed by atoms with van der Waals surface area (Å²) in [5.74, 6) is 0. The molecule has 45 heavy (non-hydrogen) atoms. The number of thioether (sulfide) groups is 1. The summed E-state index contributed by atoms with van der Waals surface area (Å²) < 4.78 is 2.43. The zero-order valence-electron chi connectivity index (χ0n) is 25.1. The normalized spacial score (nSPS) is 16.3. The monoisotopic (exact) mass is 594 g/mol. The van der Waals surface area contributed by atoms with Gasteiger partial charge in [-0.15, -0.1) is 0 Å². The summed E-state index contributed by atoms with van der Waals surface area (Å²) in [5.41, 5.74) is 11.7. The Morgan fingerprint density at radius 1 is 0.622 bits per heavy atom. The number of fused-ring (bicyclic) bond motifs is 12. The van der Waals surface area contributed by atoms with Gasteiger partial charge in [-0.2, -0.15) is 0 Å². The SMILES string of the molecule is CC1(C)c2cc3c(ccc4ccc5c(c43)NC(c3ccccc3)S5)cc2-c2ccc3c(c21)c1ccccc1n3-c1ccccc1. The molecule has 1 aliphatic heterocycles. The Bertz CT molecular complexity index is 2510. The van der Waals surface area contributed by atoms with Crippen molar-refractivity contribution in [2.75, 3.05) is 5.32 Å². The van der Waals surface area contributed by atoms with Crippen LogP contribution >= 0.6 is 11.8 Å². The second-order valence-corrected chi connectivity index (χ2v) is 14.1. The third-order valence-corrected chi connectivity index (χ3v) is 11.4. The smallest absolute Gasteiger partial charge is 0.103 e. The molecule has 1 atom stereocenters. The first kappa shape index (κ1) is 25.3. The van der Waals surface area contributed by atoms with E-state index >= 15 is 0 Å². The summed E-state index contributed by atoms with van der Waals surface area (Å²) in [6.45, 7) is 4.85. The highest BCUT2D eigenvalue weighted by atomic mass is 32.2. The van der Waals surface area contributed by atoms with E-state index in [1.807, 2.05) is 11.8 Å². The van der Waals surface area contributed by atoms with Gasteiger partial charge in [-0.1, -0.05) is 117 Å². The average molecular weight is 595 g/mol. The van der Waals surface area contributed by atoms with Gasteiger partial charge in [0.05, 0.1) is 16.7 Å². The number of hydrogen-bond acceptors (Lipinski definition) is 2. The Labute approximate surface area is 266 Å². The molecule has 10 rings (SSSR count). The number of aromatic nitrogens is 1. The van der Waals surface area contributed by atoms with Crippen molar-refractivity contribution in [1.29, 1.82) is 0 Å². The molecule has 7 aromatic carbocycles. The van der Waals surface area contributed by atoms with Crippen LogP contribution in [-0.2, 0) is 5.41 Å². The molecule has 8 aromatic rings. The highest BCUT2D eigenvalue weighted by Gasteiger charge is 2.39. The highest BCUT2D eigenvalue weighted by Crippen LogP contribution is 2.56. The zero-order valence-corrected chi connectivity index (χ0v) is 26.0. The second kappa shape index (κ2) is 9.03. The molecule has 3 heteroatoms. The van der Waals surface area contributed by atoms with Crippen LogP contribution in [0.1, 0.15) is 35.9 Å². The molecule has 2 nitrogen and oxygen atoms in total. The molecule has 214 valence electrons. The maximum atomic E-state index is 3.91. The van der Waals surface area contributed by atoms with Gasteiger partial charge in [0.15, 0.2) is 0 Å². The molecule has 0 bridgehead atoms. The standard InChI is InChI=1S/C42H30N2S/c1-42(2)33-24-31-27(18-17-25-19-22-36-40(37(25)31)43-41(45-36)26-11-5-3-6-12-26)23-32(33)29-20-21-35-38(39(29)42)30-15-9-10-16-34(30)44(35)28-13-7-4-8-14-28/h3-24,41,43H,1-2H3. The van der Waals surface area contributed by atoms with Crippen LogP contribution in [0.5, 0.6) is 0 Å². The van der Waals surface area contributed by atoms with Gasteiger partial charge >= 0.3 is 0 Å². The lowest BCUT2D eigenvalue weighted by Crippen LogP contribution is -2.15. The Kier molecular flexibility index (Phi) is 5.09. The number of nitrogens with zero attached hydrogens (tertiary/aromatic N) is 1. The molecule has 0 saturated carbocycles. The second-order valence-electron chi connectivity index (χ2n) is 13.0. The van der Waals surface area contributed by atoms with Gasteiger partial charge in [-0.3, -0.25) is 0 Å². The van der Waals surface area contributed by atoms with Gasteiger partial charge in [0.1, 0.15) is 5.37 Å². The summed E-state index contributed by atoms with van der Waals surface area (Å²) in [5, 5.41) is 12.0. The van der Waals surface area contributed by atoms with E-state index in [-0.39, 0.29) is 10.8 Å². The van der Waals surface area contributed by atoms with Crippen LogP contribution in [0.3, 0.4) is 0 Å². The molecule has 1 unspecified atom stereocenters. The van der Waals surface area contributed by atoms with Crippen molar-refractivity contribution >= 4 is 60.8 Å². The van der Waals surface area contributed by atoms with E-state index in [1.54, 1.807) is 0 Å². The van der Waals surface area contributed by atoms with Crippen LogP contribution in [0.4, 0.5) is 5.69 Å². The number of anilines is 1. The molecule has 0 saturated heterocycles. The molecule has 2 aliphatic rings. The minimum Gasteiger partial charge on any atom is -0.368 e. The fraction of sp³-hybridized carbons (Fsp3) is 0.0952. The molecule has 0 spiro atoms. The Hall–Kier alpha value is -4.99. The summed E-state index contributed by atoms with van der Waals surface area (Å²) in [6, 6.07) is 49.3. The van der Waals surface area contributed by atoms with Crippen molar-refractivity contribution < 1.29 is 0 Å². The number of hydrogen-bond donors (Lipinski definition) is 1. The minimum absolute atomic E-state index is 0.168. The summed E-state index contributed by atoms with van der Waals surface area (Å²) in [7, 11) is 0. The van der Waals surface area contributed by atoms with Gasteiger partial charge < -0.3 is 9.88 Å². The first-order valence-corrected chi connectivity index (χ1v) is 16.6. The Balaban J connectivity index is 1.22. The van der Waals surface area contributed by atoms with E-state index in [0.717, 1.165) is 0 Å². The van der Waals surface area contributed by atoms with Gasteiger partial charge in [0, 0.05) is 32.2 Å². The molecule has 2 heterocycles. The predicted molar refractivity (Wildman–Crippen MR) is 192 cm³/mol. The van der Waals surface area contributed by atoms with E-state index in [1.165, 1.54) is 87.4 Å². The third-order valence-electron chi connectivity index (χ3n) is 10.2. The van der Waals surface area contributed by atoms with Crippen molar-refractivity contribution in [3.05, 3.63) is 150 Å². The minimum atomic E-state index is -0.168. The van der Waals surface area contributed by atoms with Crippen LogP contribution < -0.4 is 5.32 Å². The van der Waals surface area contributed by atoms with E-state index in [0.29, 0.717) is 0 Å². The van der Waals surface area contributed by atoms with Crippen molar-refractivity contribution in [2.45, 2.75) is 29.5 Å². The van der Waals surface area contributed by atoms with E-state index in [9.17, 15) is 0 Å². The number of rotatable bonds is 2. The lowest BCUT2D eigenvalue weighted by molar-refractivity contribution is 0.667. The quantitative estimate of drug-likeness (QED) is 0.201. The fourth-order valence-corrected chi connectivity index (χ4v) is 9.30. The van der Waals surface area contributed by atoms with Crippen LogP contribution in [-0.4, -0.2) is 4.57 Å². The van der Waals surface area contributed by atoms with Crippen molar-refractivity contribution in [1.82, 2.24) is 4.57 Å². The molecule has 0 amide bonds. The largest absolute Gasteiger partial charge is 0.368 e. The van der Waals surface area contributed by atoms with Crippen molar-refractivity contribution in [3.8, 4) is 16.8 Å². The lowest BCUT2D eigenvalue weighted by atomic mass is 9.79. The first-order valence-electron chi connectivity index (χ1n) is 15.7. The van der Waals surface area contributed by atoms with Crippen LogP contribution in [0.2, 0.25) is 0 Å².